The van der Waals surface area contributed by atoms with Crippen molar-refractivity contribution in [2.24, 2.45) is 0 Å². The van der Waals surface area contributed by atoms with Crippen LogP contribution in [0, 0.1) is 0 Å². The average Bonchev–Trinajstić information content (AvgIpc) is 2.15. The lowest BCUT2D eigenvalue weighted by molar-refractivity contribution is -0.0147. The van der Waals surface area contributed by atoms with Crippen LogP contribution in [0.1, 0.15) is 24.5 Å². The summed E-state index contributed by atoms with van der Waals surface area (Å²) in [6.07, 6.45) is 2.25. The van der Waals surface area contributed by atoms with Crippen molar-refractivity contribution in [1.82, 2.24) is 5.32 Å². The van der Waals surface area contributed by atoms with Gasteiger partial charge in [0.1, 0.15) is 5.60 Å². The predicted molar refractivity (Wildman–Crippen MR) is 57.2 cm³/mol. The van der Waals surface area contributed by atoms with Crippen LogP contribution in [0.25, 0.3) is 0 Å². The monoisotopic (exact) mass is 191 g/mol. The summed E-state index contributed by atoms with van der Waals surface area (Å²) in [6, 6.07) is 8.31. The van der Waals surface area contributed by atoms with Gasteiger partial charge in [0, 0.05) is 13.1 Å². The van der Waals surface area contributed by atoms with Gasteiger partial charge in [-0.15, -0.1) is 0 Å². The zero-order chi connectivity index (χ0) is 10.0. The molecule has 0 aliphatic carbocycles. The van der Waals surface area contributed by atoms with Crippen LogP contribution in [0.4, 0.5) is 0 Å². The zero-order valence-corrected chi connectivity index (χ0v) is 8.59. The van der Waals surface area contributed by atoms with Gasteiger partial charge in [-0.3, -0.25) is 0 Å². The number of rotatable bonds is 3. The van der Waals surface area contributed by atoms with Crippen molar-refractivity contribution in [2.45, 2.75) is 25.4 Å². The fraction of sp³-hybridized carbons (Fsp3) is 0.500. The zero-order valence-electron chi connectivity index (χ0n) is 8.59. The Bertz CT molecular complexity index is 318. The number of nitrogens with one attached hydrogen (secondary N) is 1. The van der Waals surface area contributed by atoms with E-state index < -0.39 is 5.60 Å². The minimum Gasteiger partial charge on any atom is -0.382 e. The molecule has 1 saturated heterocycles. The van der Waals surface area contributed by atoms with Crippen LogP contribution < -0.4 is 5.32 Å². The van der Waals surface area contributed by atoms with Gasteiger partial charge in [0.05, 0.1) is 0 Å². The molecule has 0 atom stereocenters. The van der Waals surface area contributed by atoms with Gasteiger partial charge in [0.2, 0.25) is 0 Å². The van der Waals surface area contributed by atoms with Crippen molar-refractivity contribution in [3.63, 3.8) is 0 Å². The normalized spacial score (nSPS) is 19.0. The highest BCUT2D eigenvalue weighted by Crippen LogP contribution is 2.25. The second kappa shape index (κ2) is 3.71. The molecule has 1 heterocycles. The number of benzene rings is 1. The predicted octanol–water partition coefficient (Wildman–Crippen LogP) is 1.43. The van der Waals surface area contributed by atoms with Crippen molar-refractivity contribution in [1.29, 1.82) is 0 Å². The maximum Gasteiger partial charge on any atom is 0.114 e. The molecule has 0 aromatic heterocycles. The summed E-state index contributed by atoms with van der Waals surface area (Å²) < 4.78 is 0. The molecule has 0 spiro atoms. The summed E-state index contributed by atoms with van der Waals surface area (Å²) in [4.78, 5) is 0. The average molecular weight is 191 g/mol. The van der Waals surface area contributed by atoms with E-state index in [1.165, 1.54) is 5.56 Å². The Balaban J connectivity index is 2.21. The minimum atomic E-state index is -0.607. The van der Waals surface area contributed by atoms with Gasteiger partial charge < -0.3 is 10.4 Å². The SMILES string of the molecule is CCCc1cccc(C2(O)CNC2)c1. The van der Waals surface area contributed by atoms with Crippen molar-refractivity contribution in [3.8, 4) is 0 Å². The van der Waals surface area contributed by atoms with Crippen LogP contribution >= 0.6 is 0 Å². The molecule has 2 nitrogen and oxygen atoms in total. The molecule has 0 unspecified atom stereocenters. The summed E-state index contributed by atoms with van der Waals surface area (Å²) in [5, 5.41) is 13.2. The molecular formula is C12H17NO. The molecule has 1 aromatic rings. The second-order valence-corrected chi connectivity index (χ2v) is 4.09. The Labute approximate surface area is 85.0 Å². The lowest BCUT2D eigenvalue weighted by Gasteiger charge is -2.38. The third-order valence-corrected chi connectivity index (χ3v) is 2.84. The van der Waals surface area contributed by atoms with Gasteiger partial charge in [0.15, 0.2) is 0 Å². The van der Waals surface area contributed by atoms with Gasteiger partial charge in [-0.1, -0.05) is 37.6 Å². The number of aliphatic hydroxyl groups is 1. The summed E-state index contributed by atoms with van der Waals surface area (Å²) >= 11 is 0. The highest BCUT2D eigenvalue weighted by molar-refractivity contribution is 5.30. The molecule has 1 aromatic carbocycles. The van der Waals surface area contributed by atoms with E-state index in [1.807, 2.05) is 12.1 Å². The summed E-state index contributed by atoms with van der Waals surface area (Å²) in [5.74, 6) is 0. The van der Waals surface area contributed by atoms with E-state index in [1.54, 1.807) is 0 Å². The Kier molecular flexibility index (Phi) is 2.57. The number of hydrogen-bond donors (Lipinski definition) is 2. The van der Waals surface area contributed by atoms with Gasteiger partial charge in [-0.2, -0.15) is 0 Å². The first kappa shape index (κ1) is 9.69. The second-order valence-electron chi connectivity index (χ2n) is 4.09. The van der Waals surface area contributed by atoms with E-state index in [-0.39, 0.29) is 0 Å². The Morgan fingerprint density at radius 1 is 1.43 bits per heavy atom. The van der Waals surface area contributed by atoms with Crippen LogP contribution in [0.5, 0.6) is 0 Å². The molecule has 14 heavy (non-hydrogen) atoms. The van der Waals surface area contributed by atoms with E-state index in [0.29, 0.717) is 13.1 Å². The van der Waals surface area contributed by atoms with Crippen LogP contribution in [0.15, 0.2) is 24.3 Å². The minimum absolute atomic E-state index is 0.607. The lowest BCUT2D eigenvalue weighted by atomic mass is 9.87. The van der Waals surface area contributed by atoms with Crippen molar-refractivity contribution >= 4 is 0 Å². The van der Waals surface area contributed by atoms with E-state index in [9.17, 15) is 5.11 Å². The van der Waals surface area contributed by atoms with Crippen molar-refractivity contribution in [3.05, 3.63) is 35.4 Å². The highest BCUT2D eigenvalue weighted by Gasteiger charge is 2.35. The molecule has 2 rings (SSSR count). The molecule has 76 valence electrons. The fourth-order valence-corrected chi connectivity index (χ4v) is 1.87. The molecule has 0 amide bonds. The van der Waals surface area contributed by atoms with Gasteiger partial charge in [-0.25, -0.2) is 0 Å². The fourth-order valence-electron chi connectivity index (χ4n) is 1.87. The molecule has 1 fully saturated rings. The summed E-state index contributed by atoms with van der Waals surface area (Å²) in [6.45, 7) is 3.54. The number of β-amino-alcohol motifs (C(OH)–C–C–N with tert-alkyl or cyclic N) is 1. The van der Waals surface area contributed by atoms with Gasteiger partial charge >= 0.3 is 0 Å². The maximum atomic E-state index is 10.1. The molecule has 2 N–H and O–H groups in total. The van der Waals surface area contributed by atoms with E-state index in [0.717, 1.165) is 18.4 Å². The van der Waals surface area contributed by atoms with Gasteiger partial charge in [-0.05, 0) is 17.5 Å². The number of aryl methyl sites for hydroxylation is 1. The standard InChI is InChI=1S/C12H17NO/c1-2-4-10-5-3-6-11(7-10)12(14)8-13-9-12/h3,5-7,13-14H,2,4,8-9H2,1H3. The van der Waals surface area contributed by atoms with Crippen molar-refractivity contribution in [2.75, 3.05) is 13.1 Å². The van der Waals surface area contributed by atoms with Crippen molar-refractivity contribution < 1.29 is 5.11 Å². The highest BCUT2D eigenvalue weighted by atomic mass is 16.3. The lowest BCUT2D eigenvalue weighted by Crippen LogP contribution is -2.56. The Morgan fingerprint density at radius 2 is 2.21 bits per heavy atom. The van der Waals surface area contributed by atoms with E-state index >= 15 is 0 Å². The molecule has 0 radical (unpaired) electrons. The van der Waals surface area contributed by atoms with Crippen LogP contribution in [-0.2, 0) is 12.0 Å². The number of hydrogen-bond acceptors (Lipinski definition) is 2. The largest absolute Gasteiger partial charge is 0.382 e. The van der Waals surface area contributed by atoms with Gasteiger partial charge in [0.25, 0.3) is 0 Å². The summed E-state index contributed by atoms with van der Waals surface area (Å²) in [7, 11) is 0. The third kappa shape index (κ3) is 1.68. The first-order valence-corrected chi connectivity index (χ1v) is 5.27. The molecule has 2 heteroatoms. The first-order valence-electron chi connectivity index (χ1n) is 5.27. The van der Waals surface area contributed by atoms with Crippen LogP contribution in [0.3, 0.4) is 0 Å². The molecule has 0 saturated carbocycles. The molecule has 1 aliphatic heterocycles. The van der Waals surface area contributed by atoms with Crippen LogP contribution in [0.2, 0.25) is 0 Å². The smallest absolute Gasteiger partial charge is 0.114 e. The Morgan fingerprint density at radius 3 is 2.79 bits per heavy atom. The quantitative estimate of drug-likeness (QED) is 0.757. The topological polar surface area (TPSA) is 32.3 Å². The van der Waals surface area contributed by atoms with E-state index in [2.05, 4.69) is 24.4 Å². The Hall–Kier alpha value is -0.860. The third-order valence-electron chi connectivity index (χ3n) is 2.84. The first-order chi connectivity index (χ1) is 6.74. The maximum absolute atomic E-state index is 10.1. The van der Waals surface area contributed by atoms with Crippen LogP contribution in [-0.4, -0.2) is 18.2 Å². The molecular weight excluding hydrogens is 174 g/mol. The van der Waals surface area contributed by atoms with E-state index in [4.69, 9.17) is 0 Å². The molecule has 1 aliphatic rings. The summed E-state index contributed by atoms with van der Waals surface area (Å²) in [5.41, 5.74) is 1.77. The molecule has 0 bridgehead atoms.